The zero-order chi connectivity index (χ0) is 20.5. The summed E-state index contributed by atoms with van der Waals surface area (Å²) in [4.78, 5) is 25.3. The van der Waals surface area contributed by atoms with Crippen LogP contribution in [0.2, 0.25) is 0 Å². The third kappa shape index (κ3) is 3.57. The molecule has 154 valence electrons. The molecular formula is C23H24N4O3. The van der Waals surface area contributed by atoms with Crippen molar-refractivity contribution in [2.24, 2.45) is 5.92 Å². The van der Waals surface area contributed by atoms with Gasteiger partial charge in [-0.15, -0.1) is 0 Å². The zero-order valence-electron chi connectivity index (χ0n) is 16.7. The standard InChI is InChI=1S/C23H24N4O3/c28-23(29)17-7-9-27(15-17)22-19-2-1-8-24-21(19)14-20(25-22)16-3-5-18(6-4-16)26-10-12-30-13-11-26/h1-6,8,14,17H,7,9-13,15H2,(H,28,29). The maximum Gasteiger partial charge on any atom is 0.308 e. The van der Waals surface area contributed by atoms with Gasteiger partial charge < -0.3 is 19.6 Å². The minimum Gasteiger partial charge on any atom is -0.481 e. The SMILES string of the molecule is O=C(O)C1CCN(c2nc(-c3ccc(N4CCOCC4)cc3)cc3ncccc23)C1. The van der Waals surface area contributed by atoms with Gasteiger partial charge in [-0.05, 0) is 36.8 Å². The van der Waals surface area contributed by atoms with E-state index in [1.165, 1.54) is 5.69 Å². The van der Waals surface area contributed by atoms with Gasteiger partial charge in [0.15, 0.2) is 0 Å². The van der Waals surface area contributed by atoms with Gasteiger partial charge in [-0.3, -0.25) is 9.78 Å². The fourth-order valence-electron chi connectivity index (χ4n) is 4.27. The molecular weight excluding hydrogens is 380 g/mol. The van der Waals surface area contributed by atoms with E-state index >= 15 is 0 Å². The van der Waals surface area contributed by atoms with Crippen molar-refractivity contribution in [2.75, 3.05) is 49.2 Å². The molecule has 1 unspecified atom stereocenters. The van der Waals surface area contributed by atoms with E-state index in [1.807, 2.05) is 18.2 Å². The number of carbonyl (C=O) groups is 1. The third-order valence-electron chi connectivity index (χ3n) is 5.96. The number of anilines is 2. The Bertz CT molecular complexity index is 1060. The molecule has 0 amide bonds. The van der Waals surface area contributed by atoms with E-state index in [4.69, 9.17) is 9.72 Å². The van der Waals surface area contributed by atoms with Gasteiger partial charge >= 0.3 is 5.97 Å². The van der Waals surface area contributed by atoms with Crippen molar-refractivity contribution in [3.63, 3.8) is 0 Å². The number of fused-ring (bicyclic) bond motifs is 1. The van der Waals surface area contributed by atoms with E-state index in [-0.39, 0.29) is 5.92 Å². The summed E-state index contributed by atoms with van der Waals surface area (Å²) in [7, 11) is 0. The molecule has 0 aliphatic carbocycles. The molecule has 30 heavy (non-hydrogen) atoms. The molecule has 2 aliphatic heterocycles. The van der Waals surface area contributed by atoms with Gasteiger partial charge in [0.25, 0.3) is 0 Å². The van der Waals surface area contributed by atoms with Crippen molar-refractivity contribution in [1.29, 1.82) is 0 Å². The average Bonchev–Trinajstić information content (AvgIpc) is 3.30. The first-order valence-electron chi connectivity index (χ1n) is 10.4. The first-order chi connectivity index (χ1) is 14.7. The number of benzene rings is 1. The number of rotatable bonds is 4. The fourth-order valence-corrected chi connectivity index (χ4v) is 4.27. The summed E-state index contributed by atoms with van der Waals surface area (Å²) in [6.45, 7) is 4.49. The van der Waals surface area contributed by atoms with Gasteiger partial charge in [0.2, 0.25) is 0 Å². The van der Waals surface area contributed by atoms with Crippen LogP contribution in [0, 0.1) is 5.92 Å². The van der Waals surface area contributed by atoms with E-state index in [9.17, 15) is 9.90 Å². The lowest BCUT2D eigenvalue weighted by atomic mass is 10.1. The Kier molecular flexibility index (Phi) is 4.96. The monoisotopic (exact) mass is 404 g/mol. The highest BCUT2D eigenvalue weighted by molar-refractivity contribution is 5.92. The van der Waals surface area contributed by atoms with Crippen LogP contribution < -0.4 is 9.80 Å². The fraction of sp³-hybridized carbons (Fsp3) is 0.348. The van der Waals surface area contributed by atoms with Crippen molar-refractivity contribution in [3.8, 4) is 11.3 Å². The Morgan fingerprint density at radius 3 is 2.60 bits per heavy atom. The van der Waals surface area contributed by atoms with Crippen LogP contribution in [-0.2, 0) is 9.53 Å². The number of carboxylic acids is 1. The van der Waals surface area contributed by atoms with Crippen molar-refractivity contribution in [3.05, 3.63) is 48.7 Å². The second-order valence-electron chi connectivity index (χ2n) is 7.82. The molecule has 2 fully saturated rings. The van der Waals surface area contributed by atoms with Gasteiger partial charge in [0, 0.05) is 49.0 Å². The largest absolute Gasteiger partial charge is 0.481 e. The summed E-state index contributed by atoms with van der Waals surface area (Å²) in [6.07, 6.45) is 2.42. The van der Waals surface area contributed by atoms with Crippen molar-refractivity contribution in [1.82, 2.24) is 9.97 Å². The highest BCUT2D eigenvalue weighted by Gasteiger charge is 2.30. The van der Waals surface area contributed by atoms with E-state index in [1.54, 1.807) is 6.20 Å². The first-order valence-corrected chi connectivity index (χ1v) is 10.4. The number of aromatic nitrogens is 2. The van der Waals surface area contributed by atoms with Gasteiger partial charge in [-0.2, -0.15) is 0 Å². The van der Waals surface area contributed by atoms with Crippen molar-refractivity contribution < 1.29 is 14.6 Å². The summed E-state index contributed by atoms with van der Waals surface area (Å²) >= 11 is 0. The highest BCUT2D eigenvalue weighted by atomic mass is 16.5. The smallest absolute Gasteiger partial charge is 0.308 e. The number of hydrogen-bond donors (Lipinski definition) is 1. The molecule has 0 spiro atoms. The molecule has 0 saturated carbocycles. The number of hydrogen-bond acceptors (Lipinski definition) is 6. The molecule has 0 bridgehead atoms. The van der Waals surface area contributed by atoms with Crippen LogP contribution >= 0.6 is 0 Å². The summed E-state index contributed by atoms with van der Waals surface area (Å²) in [5.41, 5.74) is 3.93. The molecule has 2 saturated heterocycles. The minimum atomic E-state index is -0.741. The molecule has 7 heteroatoms. The molecule has 2 aliphatic rings. The van der Waals surface area contributed by atoms with E-state index < -0.39 is 5.97 Å². The lowest BCUT2D eigenvalue weighted by molar-refractivity contribution is -0.140. The van der Waals surface area contributed by atoms with Crippen molar-refractivity contribution >= 4 is 28.4 Å². The van der Waals surface area contributed by atoms with Crippen LogP contribution in [0.1, 0.15) is 6.42 Å². The Morgan fingerprint density at radius 2 is 1.87 bits per heavy atom. The number of carboxylic acid groups (broad SMARTS) is 1. The quantitative estimate of drug-likeness (QED) is 0.716. The lowest BCUT2D eigenvalue weighted by Gasteiger charge is -2.29. The molecule has 1 N–H and O–H groups in total. The van der Waals surface area contributed by atoms with Crippen LogP contribution in [0.25, 0.3) is 22.2 Å². The summed E-state index contributed by atoms with van der Waals surface area (Å²) in [5.74, 6) is -0.277. The molecule has 1 aromatic carbocycles. The molecule has 2 aromatic heterocycles. The lowest BCUT2D eigenvalue weighted by Crippen LogP contribution is -2.36. The van der Waals surface area contributed by atoms with Crippen molar-refractivity contribution in [2.45, 2.75) is 6.42 Å². The second-order valence-corrected chi connectivity index (χ2v) is 7.82. The minimum absolute atomic E-state index is 0.352. The van der Waals surface area contributed by atoms with E-state index in [2.05, 4.69) is 39.0 Å². The highest BCUT2D eigenvalue weighted by Crippen LogP contribution is 2.32. The second kappa shape index (κ2) is 7.91. The van der Waals surface area contributed by atoms with Crippen LogP contribution in [0.3, 0.4) is 0 Å². The summed E-state index contributed by atoms with van der Waals surface area (Å²) < 4.78 is 5.44. The normalized spacial score (nSPS) is 19.4. The molecule has 1 atom stereocenters. The number of nitrogens with zero attached hydrogens (tertiary/aromatic N) is 4. The molecule has 4 heterocycles. The molecule has 5 rings (SSSR count). The number of morpholine rings is 1. The Balaban J connectivity index is 1.50. The summed E-state index contributed by atoms with van der Waals surface area (Å²) in [5, 5.41) is 10.3. The Morgan fingerprint density at radius 1 is 1.07 bits per heavy atom. The van der Waals surface area contributed by atoms with Gasteiger partial charge in [0.05, 0.1) is 30.3 Å². The molecule has 3 aromatic rings. The first kappa shape index (κ1) is 18.8. The van der Waals surface area contributed by atoms with Crippen LogP contribution in [0.5, 0.6) is 0 Å². The zero-order valence-corrected chi connectivity index (χ0v) is 16.7. The maximum atomic E-state index is 11.4. The number of ether oxygens (including phenoxy) is 1. The van der Waals surface area contributed by atoms with E-state index in [0.29, 0.717) is 19.5 Å². The Labute approximate surface area is 174 Å². The van der Waals surface area contributed by atoms with Crippen LogP contribution in [0.15, 0.2) is 48.7 Å². The molecule has 0 radical (unpaired) electrons. The topological polar surface area (TPSA) is 78.8 Å². The summed E-state index contributed by atoms with van der Waals surface area (Å²) in [6, 6.07) is 14.3. The van der Waals surface area contributed by atoms with Crippen LogP contribution in [-0.4, -0.2) is 60.4 Å². The van der Waals surface area contributed by atoms with Crippen LogP contribution in [0.4, 0.5) is 11.5 Å². The number of pyridine rings is 2. The third-order valence-corrected chi connectivity index (χ3v) is 5.96. The molecule has 7 nitrogen and oxygen atoms in total. The average molecular weight is 404 g/mol. The predicted molar refractivity (Wildman–Crippen MR) is 116 cm³/mol. The van der Waals surface area contributed by atoms with Gasteiger partial charge in [0.1, 0.15) is 5.82 Å². The predicted octanol–water partition coefficient (Wildman–Crippen LogP) is 3.04. The van der Waals surface area contributed by atoms with Gasteiger partial charge in [-0.1, -0.05) is 12.1 Å². The number of aliphatic carboxylic acids is 1. The van der Waals surface area contributed by atoms with Gasteiger partial charge in [-0.25, -0.2) is 4.98 Å². The maximum absolute atomic E-state index is 11.4. The Hall–Kier alpha value is -3.19. The van der Waals surface area contributed by atoms with E-state index in [0.717, 1.165) is 54.3 Å².